The minimum atomic E-state index is -0.200. The number of carbonyl (C=O) groups is 1. The Labute approximate surface area is 163 Å². The molecular weight excluding hydrogens is 356 g/mol. The predicted octanol–water partition coefficient (Wildman–Crippen LogP) is 4.48. The number of fused-ring (bicyclic) bond motifs is 1. The number of hydrogen-bond donors (Lipinski definition) is 1. The third kappa shape index (κ3) is 4.06. The number of anilines is 2. The van der Waals surface area contributed by atoms with E-state index in [0.717, 1.165) is 48.3 Å². The third-order valence-electron chi connectivity index (χ3n) is 4.67. The van der Waals surface area contributed by atoms with E-state index in [1.54, 1.807) is 0 Å². The molecule has 1 saturated heterocycles. The number of amides is 1. The number of nitrogens with one attached hydrogen (secondary N) is 1. The van der Waals surface area contributed by atoms with Crippen molar-refractivity contribution in [3.05, 3.63) is 54.6 Å². The van der Waals surface area contributed by atoms with Gasteiger partial charge in [0.25, 0.3) is 0 Å². The Morgan fingerprint density at radius 2 is 1.74 bits per heavy atom. The molecule has 3 aromatic rings. The highest BCUT2D eigenvalue weighted by Gasteiger charge is 2.25. The zero-order valence-corrected chi connectivity index (χ0v) is 16.1. The molecule has 2 heterocycles. The van der Waals surface area contributed by atoms with Gasteiger partial charge in [0.05, 0.1) is 10.8 Å². The Morgan fingerprint density at radius 1 is 1.04 bits per heavy atom. The van der Waals surface area contributed by atoms with Gasteiger partial charge in [-0.3, -0.25) is 4.79 Å². The Kier molecular flexibility index (Phi) is 5.25. The molecule has 0 spiro atoms. The van der Waals surface area contributed by atoms with Crippen molar-refractivity contribution >= 4 is 40.1 Å². The molecule has 138 valence electrons. The van der Waals surface area contributed by atoms with Crippen molar-refractivity contribution in [2.75, 3.05) is 18.4 Å². The van der Waals surface area contributed by atoms with Crippen LogP contribution >= 0.6 is 11.8 Å². The molecule has 2 aromatic carbocycles. The smallest absolute Gasteiger partial charge is 0.235 e. The summed E-state index contributed by atoms with van der Waals surface area (Å²) in [5.74, 6) is 0.932. The van der Waals surface area contributed by atoms with Gasteiger partial charge in [-0.15, -0.1) is 0 Å². The van der Waals surface area contributed by atoms with Crippen LogP contribution in [-0.4, -0.2) is 39.1 Å². The van der Waals surface area contributed by atoms with Crippen LogP contribution in [0.2, 0.25) is 0 Å². The second-order valence-electron chi connectivity index (χ2n) is 6.66. The lowest BCUT2D eigenvalue weighted by Gasteiger charge is -2.19. The summed E-state index contributed by atoms with van der Waals surface area (Å²) in [4.78, 5) is 24.0. The standard InChI is InChI=1S/C21H22N4OS/c1-15(20(26)25-13-7-8-14-25)27-21-23-18-12-6-5-11-17(18)19(24-21)22-16-9-3-2-4-10-16/h2-6,9-12,15H,7-8,13-14H2,1H3,(H,22,23,24)/t15-/m0/s1. The number of thioether (sulfide) groups is 1. The molecule has 0 aliphatic carbocycles. The summed E-state index contributed by atoms with van der Waals surface area (Å²) in [7, 11) is 0. The lowest BCUT2D eigenvalue weighted by Crippen LogP contribution is -2.34. The molecule has 27 heavy (non-hydrogen) atoms. The average molecular weight is 379 g/mol. The number of rotatable bonds is 5. The van der Waals surface area contributed by atoms with Gasteiger partial charge in [-0.25, -0.2) is 9.97 Å². The normalized spacial score (nSPS) is 15.1. The molecule has 6 heteroatoms. The van der Waals surface area contributed by atoms with Crippen molar-refractivity contribution in [3.8, 4) is 0 Å². The second kappa shape index (κ2) is 7.96. The van der Waals surface area contributed by atoms with Gasteiger partial charge in [-0.1, -0.05) is 42.1 Å². The van der Waals surface area contributed by atoms with Gasteiger partial charge < -0.3 is 10.2 Å². The van der Waals surface area contributed by atoms with E-state index in [2.05, 4.69) is 10.3 Å². The van der Waals surface area contributed by atoms with E-state index >= 15 is 0 Å². The van der Waals surface area contributed by atoms with Crippen molar-refractivity contribution in [1.82, 2.24) is 14.9 Å². The Hall–Kier alpha value is -2.60. The molecule has 1 aliphatic rings. The SMILES string of the molecule is C[C@H](Sc1nc(Nc2ccccc2)c2ccccc2n1)C(=O)N1CCCC1. The topological polar surface area (TPSA) is 58.1 Å². The van der Waals surface area contributed by atoms with Crippen molar-refractivity contribution in [2.24, 2.45) is 0 Å². The minimum absolute atomic E-state index is 0.173. The van der Waals surface area contributed by atoms with Crippen LogP contribution in [0.5, 0.6) is 0 Å². The first-order chi connectivity index (χ1) is 13.2. The van der Waals surface area contributed by atoms with Crippen molar-refractivity contribution in [1.29, 1.82) is 0 Å². The van der Waals surface area contributed by atoms with Gasteiger partial charge in [0.1, 0.15) is 5.82 Å². The number of para-hydroxylation sites is 2. The van der Waals surface area contributed by atoms with Gasteiger partial charge in [0.2, 0.25) is 5.91 Å². The van der Waals surface area contributed by atoms with Gasteiger partial charge in [0.15, 0.2) is 5.16 Å². The molecular formula is C21H22N4OS. The Balaban J connectivity index is 1.62. The molecule has 1 N–H and O–H groups in total. The maximum Gasteiger partial charge on any atom is 0.235 e. The number of likely N-dealkylation sites (tertiary alicyclic amines) is 1. The van der Waals surface area contributed by atoms with Crippen LogP contribution in [0.1, 0.15) is 19.8 Å². The molecule has 1 aromatic heterocycles. The highest BCUT2D eigenvalue weighted by Crippen LogP contribution is 2.29. The fourth-order valence-electron chi connectivity index (χ4n) is 3.26. The maximum absolute atomic E-state index is 12.6. The molecule has 0 unspecified atom stereocenters. The largest absolute Gasteiger partial charge is 0.342 e. The first kappa shape index (κ1) is 17.8. The first-order valence-corrected chi connectivity index (χ1v) is 10.1. The monoisotopic (exact) mass is 378 g/mol. The molecule has 5 nitrogen and oxygen atoms in total. The molecule has 0 saturated carbocycles. The third-order valence-corrected chi connectivity index (χ3v) is 5.62. The summed E-state index contributed by atoms with van der Waals surface area (Å²) < 4.78 is 0. The number of hydrogen-bond acceptors (Lipinski definition) is 5. The van der Waals surface area contributed by atoms with Crippen LogP contribution in [0, 0.1) is 0 Å². The Bertz CT molecular complexity index is 941. The Morgan fingerprint density at radius 3 is 2.52 bits per heavy atom. The quantitative estimate of drug-likeness (QED) is 0.524. The van der Waals surface area contributed by atoms with Gasteiger partial charge in [0, 0.05) is 24.2 Å². The number of nitrogens with zero attached hydrogens (tertiary/aromatic N) is 3. The summed E-state index contributed by atoms with van der Waals surface area (Å²) in [6, 6.07) is 17.9. The molecule has 4 rings (SSSR count). The summed E-state index contributed by atoms with van der Waals surface area (Å²) in [5.41, 5.74) is 1.84. The van der Waals surface area contributed by atoms with E-state index in [1.807, 2.05) is 66.4 Å². The zero-order chi connectivity index (χ0) is 18.6. The predicted molar refractivity (Wildman–Crippen MR) is 110 cm³/mol. The van der Waals surface area contributed by atoms with Crippen LogP contribution in [-0.2, 0) is 4.79 Å². The number of benzene rings is 2. The van der Waals surface area contributed by atoms with Crippen LogP contribution in [0.15, 0.2) is 59.8 Å². The average Bonchev–Trinajstić information content (AvgIpc) is 3.23. The zero-order valence-electron chi connectivity index (χ0n) is 15.3. The fraction of sp³-hybridized carbons (Fsp3) is 0.286. The number of carbonyl (C=O) groups excluding carboxylic acids is 1. The lowest BCUT2D eigenvalue weighted by atomic mass is 10.2. The van der Waals surface area contributed by atoms with E-state index in [9.17, 15) is 4.79 Å². The van der Waals surface area contributed by atoms with Crippen molar-refractivity contribution < 1.29 is 4.79 Å². The van der Waals surface area contributed by atoms with E-state index < -0.39 is 0 Å². The second-order valence-corrected chi connectivity index (χ2v) is 7.96. The van der Waals surface area contributed by atoms with Crippen molar-refractivity contribution in [3.63, 3.8) is 0 Å². The summed E-state index contributed by atoms with van der Waals surface area (Å²) in [5, 5.41) is 4.76. The van der Waals surface area contributed by atoms with Crippen LogP contribution in [0.3, 0.4) is 0 Å². The molecule has 0 bridgehead atoms. The maximum atomic E-state index is 12.6. The summed E-state index contributed by atoms with van der Waals surface area (Å²) in [6.07, 6.45) is 2.20. The highest BCUT2D eigenvalue weighted by molar-refractivity contribution is 8.00. The van der Waals surface area contributed by atoms with Gasteiger partial charge >= 0.3 is 0 Å². The minimum Gasteiger partial charge on any atom is -0.342 e. The molecule has 0 radical (unpaired) electrons. The summed E-state index contributed by atoms with van der Waals surface area (Å²) in [6.45, 7) is 3.67. The van der Waals surface area contributed by atoms with Gasteiger partial charge in [-0.05, 0) is 44.0 Å². The van der Waals surface area contributed by atoms with E-state index in [1.165, 1.54) is 11.8 Å². The van der Waals surface area contributed by atoms with Gasteiger partial charge in [-0.2, -0.15) is 0 Å². The van der Waals surface area contributed by atoms with Crippen LogP contribution in [0.25, 0.3) is 10.9 Å². The van der Waals surface area contributed by atoms with Crippen LogP contribution in [0.4, 0.5) is 11.5 Å². The van der Waals surface area contributed by atoms with E-state index in [4.69, 9.17) is 4.98 Å². The summed E-state index contributed by atoms with van der Waals surface area (Å²) >= 11 is 1.42. The molecule has 1 fully saturated rings. The van der Waals surface area contributed by atoms with Crippen LogP contribution < -0.4 is 5.32 Å². The lowest BCUT2D eigenvalue weighted by molar-refractivity contribution is -0.129. The fourth-order valence-corrected chi connectivity index (χ4v) is 4.13. The molecule has 1 atom stereocenters. The first-order valence-electron chi connectivity index (χ1n) is 9.25. The highest BCUT2D eigenvalue weighted by atomic mass is 32.2. The molecule has 1 aliphatic heterocycles. The number of aromatic nitrogens is 2. The molecule has 1 amide bonds. The van der Waals surface area contributed by atoms with E-state index in [0.29, 0.717) is 5.16 Å². The van der Waals surface area contributed by atoms with Crippen molar-refractivity contribution in [2.45, 2.75) is 30.2 Å². The van der Waals surface area contributed by atoms with E-state index in [-0.39, 0.29) is 11.2 Å².